The van der Waals surface area contributed by atoms with Gasteiger partial charge < -0.3 is 10.1 Å². The molecule has 0 fully saturated rings. The van der Waals surface area contributed by atoms with Crippen molar-refractivity contribution >= 4 is 39.9 Å². The highest BCUT2D eigenvalue weighted by Gasteiger charge is 2.10. The highest BCUT2D eigenvalue weighted by molar-refractivity contribution is 7.98. The predicted molar refractivity (Wildman–Crippen MR) is 112 cm³/mol. The molecule has 2 aromatic carbocycles. The zero-order valence-corrected chi connectivity index (χ0v) is 16.8. The van der Waals surface area contributed by atoms with Crippen LogP contribution in [0.25, 0.3) is 0 Å². The number of benzene rings is 2. The van der Waals surface area contributed by atoms with Crippen LogP contribution in [-0.2, 0) is 5.75 Å². The monoisotopic (exact) mass is 418 g/mol. The fourth-order valence-corrected chi connectivity index (χ4v) is 3.78. The maximum absolute atomic E-state index is 13.5. The maximum Gasteiger partial charge on any atom is 0.325 e. The molecule has 0 radical (unpaired) electrons. The van der Waals surface area contributed by atoms with Gasteiger partial charge in [-0.15, -0.1) is 10.2 Å². The van der Waals surface area contributed by atoms with Crippen LogP contribution in [0.4, 0.5) is 20.0 Å². The summed E-state index contributed by atoms with van der Waals surface area (Å²) in [6, 6.07) is 13.3. The SMILES string of the molecule is Cc1ccc(OCCSCc2nnc(NC(=O)Nc3ccccc3F)s2)cc1. The van der Waals surface area contributed by atoms with Gasteiger partial charge in [-0.25, -0.2) is 9.18 Å². The largest absolute Gasteiger partial charge is 0.493 e. The molecule has 1 aromatic heterocycles. The summed E-state index contributed by atoms with van der Waals surface area (Å²) in [7, 11) is 0. The molecule has 1 heterocycles. The number of aromatic nitrogens is 2. The molecule has 0 aliphatic rings. The Hall–Kier alpha value is -2.65. The van der Waals surface area contributed by atoms with Gasteiger partial charge in [0, 0.05) is 11.5 Å². The molecule has 0 aliphatic heterocycles. The van der Waals surface area contributed by atoms with Crippen LogP contribution in [0.2, 0.25) is 0 Å². The highest BCUT2D eigenvalue weighted by atomic mass is 32.2. The average Bonchev–Trinajstić information content (AvgIpc) is 3.12. The number of rotatable bonds is 8. The van der Waals surface area contributed by atoms with Crippen LogP contribution >= 0.6 is 23.1 Å². The van der Waals surface area contributed by atoms with Gasteiger partial charge in [0.25, 0.3) is 0 Å². The third-order valence-corrected chi connectivity index (χ3v) is 5.51. The van der Waals surface area contributed by atoms with Crippen molar-refractivity contribution in [1.82, 2.24) is 10.2 Å². The van der Waals surface area contributed by atoms with Crippen LogP contribution in [0.15, 0.2) is 48.5 Å². The summed E-state index contributed by atoms with van der Waals surface area (Å²) in [6.07, 6.45) is 0. The first-order chi connectivity index (χ1) is 13.6. The number of thioether (sulfide) groups is 1. The van der Waals surface area contributed by atoms with Crippen molar-refractivity contribution in [3.05, 3.63) is 64.9 Å². The number of para-hydroxylation sites is 1. The smallest absolute Gasteiger partial charge is 0.325 e. The molecule has 3 aromatic rings. The number of nitrogens with zero attached hydrogens (tertiary/aromatic N) is 2. The van der Waals surface area contributed by atoms with Gasteiger partial charge >= 0.3 is 6.03 Å². The third-order valence-electron chi connectivity index (χ3n) is 3.55. The Morgan fingerprint density at radius 3 is 2.71 bits per heavy atom. The molecule has 2 amide bonds. The minimum absolute atomic E-state index is 0.105. The van der Waals surface area contributed by atoms with Crippen molar-refractivity contribution in [3.8, 4) is 5.75 Å². The summed E-state index contributed by atoms with van der Waals surface area (Å²) in [5, 5.41) is 14.1. The quantitative estimate of drug-likeness (QED) is 0.507. The van der Waals surface area contributed by atoms with E-state index in [1.165, 1.54) is 29.0 Å². The standard InChI is InChI=1S/C19H19FN4O2S2/c1-13-6-8-14(9-7-13)26-10-11-27-12-17-23-24-19(28-17)22-18(25)21-16-5-3-2-4-15(16)20/h2-9H,10-12H2,1H3,(H2,21,22,24,25). The summed E-state index contributed by atoms with van der Waals surface area (Å²) in [5.74, 6) is 1.84. The number of hydrogen-bond donors (Lipinski definition) is 2. The lowest BCUT2D eigenvalue weighted by Gasteiger charge is -2.05. The number of anilines is 2. The van der Waals surface area contributed by atoms with E-state index in [1.807, 2.05) is 31.2 Å². The van der Waals surface area contributed by atoms with Gasteiger partial charge in [0.15, 0.2) is 0 Å². The summed E-state index contributed by atoms with van der Waals surface area (Å²) in [5.41, 5.74) is 1.30. The van der Waals surface area contributed by atoms with E-state index >= 15 is 0 Å². The molecule has 146 valence electrons. The van der Waals surface area contributed by atoms with E-state index in [-0.39, 0.29) is 5.69 Å². The number of ether oxygens (including phenoxy) is 1. The predicted octanol–water partition coefficient (Wildman–Crippen LogP) is 4.94. The van der Waals surface area contributed by atoms with Crippen molar-refractivity contribution in [3.63, 3.8) is 0 Å². The summed E-state index contributed by atoms with van der Waals surface area (Å²) in [6.45, 7) is 2.64. The molecule has 0 saturated heterocycles. The molecule has 0 saturated carbocycles. The third kappa shape index (κ3) is 6.21. The van der Waals surface area contributed by atoms with Crippen LogP contribution in [0.1, 0.15) is 10.6 Å². The van der Waals surface area contributed by atoms with Crippen molar-refractivity contribution < 1.29 is 13.9 Å². The fourth-order valence-electron chi connectivity index (χ4n) is 2.19. The molecular weight excluding hydrogens is 399 g/mol. The van der Waals surface area contributed by atoms with E-state index in [0.29, 0.717) is 17.5 Å². The number of carbonyl (C=O) groups is 1. The van der Waals surface area contributed by atoms with Gasteiger partial charge in [-0.2, -0.15) is 11.8 Å². The number of nitrogens with one attached hydrogen (secondary N) is 2. The van der Waals surface area contributed by atoms with Gasteiger partial charge in [-0.05, 0) is 31.2 Å². The Kier molecular flexibility index (Phi) is 7.21. The van der Waals surface area contributed by atoms with Crippen LogP contribution in [-0.4, -0.2) is 28.6 Å². The van der Waals surface area contributed by atoms with Crippen molar-refractivity contribution in [1.29, 1.82) is 0 Å². The molecule has 0 spiro atoms. The van der Waals surface area contributed by atoms with Crippen LogP contribution in [0.3, 0.4) is 0 Å². The lowest BCUT2D eigenvalue weighted by atomic mass is 10.2. The first-order valence-electron chi connectivity index (χ1n) is 8.52. The average molecular weight is 419 g/mol. The van der Waals surface area contributed by atoms with E-state index in [1.54, 1.807) is 23.9 Å². The van der Waals surface area contributed by atoms with Gasteiger partial charge in [0.05, 0.1) is 12.3 Å². The lowest BCUT2D eigenvalue weighted by Crippen LogP contribution is -2.19. The van der Waals surface area contributed by atoms with E-state index in [0.717, 1.165) is 16.5 Å². The number of carbonyl (C=O) groups excluding carboxylic acids is 1. The lowest BCUT2D eigenvalue weighted by molar-refractivity contribution is 0.262. The van der Waals surface area contributed by atoms with Crippen LogP contribution in [0.5, 0.6) is 5.75 Å². The first-order valence-corrected chi connectivity index (χ1v) is 10.5. The zero-order valence-electron chi connectivity index (χ0n) is 15.1. The van der Waals surface area contributed by atoms with E-state index in [2.05, 4.69) is 20.8 Å². The molecular formula is C19H19FN4O2S2. The van der Waals surface area contributed by atoms with Gasteiger partial charge in [0.1, 0.15) is 16.6 Å². The van der Waals surface area contributed by atoms with Crippen molar-refractivity contribution in [2.45, 2.75) is 12.7 Å². The Balaban J connectivity index is 1.37. The first kappa shape index (κ1) is 20.1. The van der Waals surface area contributed by atoms with Gasteiger partial charge in [-0.1, -0.05) is 41.2 Å². The second kappa shape index (κ2) is 10.0. The van der Waals surface area contributed by atoms with E-state index in [9.17, 15) is 9.18 Å². The molecule has 0 unspecified atom stereocenters. The molecule has 28 heavy (non-hydrogen) atoms. The number of hydrogen-bond acceptors (Lipinski definition) is 6. The Morgan fingerprint density at radius 1 is 1.14 bits per heavy atom. The second-order valence-electron chi connectivity index (χ2n) is 5.77. The summed E-state index contributed by atoms with van der Waals surface area (Å²) < 4.78 is 19.2. The fraction of sp³-hybridized carbons (Fsp3) is 0.211. The topological polar surface area (TPSA) is 76.1 Å². The molecule has 3 rings (SSSR count). The number of amides is 2. The van der Waals surface area contributed by atoms with Crippen LogP contribution in [0, 0.1) is 12.7 Å². The second-order valence-corrected chi connectivity index (χ2v) is 7.94. The molecule has 9 heteroatoms. The number of urea groups is 1. The summed E-state index contributed by atoms with van der Waals surface area (Å²) >= 11 is 2.95. The minimum atomic E-state index is -0.563. The number of halogens is 1. The maximum atomic E-state index is 13.5. The minimum Gasteiger partial charge on any atom is -0.493 e. The molecule has 0 atom stereocenters. The van der Waals surface area contributed by atoms with Crippen molar-refractivity contribution in [2.24, 2.45) is 0 Å². The van der Waals surface area contributed by atoms with E-state index < -0.39 is 11.8 Å². The highest BCUT2D eigenvalue weighted by Crippen LogP contribution is 2.21. The molecule has 0 bridgehead atoms. The summed E-state index contributed by atoms with van der Waals surface area (Å²) in [4.78, 5) is 11.9. The van der Waals surface area contributed by atoms with E-state index in [4.69, 9.17) is 4.74 Å². The molecule has 2 N–H and O–H groups in total. The van der Waals surface area contributed by atoms with Crippen LogP contribution < -0.4 is 15.4 Å². The Morgan fingerprint density at radius 2 is 1.93 bits per heavy atom. The van der Waals surface area contributed by atoms with Gasteiger partial charge in [0.2, 0.25) is 5.13 Å². The van der Waals surface area contributed by atoms with Crippen molar-refractivity contribution in [2.75, 3.05) is 23.0 Å². The number of aryl methyl sites for hydroxylation is 1. The normalized spacial score (nSPS) is 10.5. The molecule has 6 nitrogen and oxygen atoms in total. The molecule has 0 aliphatic carbocycles. The Bertz CT molecular complexity index is 918. The van der Waals surface area contributed by atoms with Gasteiger partial charge in [-0.3, -0.25) is 5.32 Å². The zero-order chi connectivity index (χ0) is 19.8. The Labute approximate surface area is 170 Å².